The van der Waals surface area contributed by atoms with Crippen LogP contribution in [0.15, 0.2) is 71.7 Å². The molecule has 0 aliphatic rings. The fourth-order valence-corrected chi connectivity index (χ4v) is 3.70. The molecule has 32 heavy (non-hydrogen) atoms. The van der Waals surface area contributed by atoms with E-state index in [-0.39, 0.29) is 23.7 Å². The van der Waals surface area contributed by atoms with Gasteiger partial charge in [-0.15, -0.1) is 0 Å². The van der Waals surface area contributed by atoms with Gasteiger partial charge in [0.25, 0.3) is 0 Å². The number of hydrogen-bond donors (Lipinski definition) is 0. The first-order valence-corrected chi connectivity index (χ1v) is 10.1. The number of methoxy groups -OCH3 is 2. The number of fused-ring (bicyclic) bond motifs is 1. The van der Waals surface area contributed by atoms with Gasteiger partial charge in [0, 0.05) is 24.4 Å². The summed E-state index contributed by atoms with van der Waals surface area (Å²) >= 11 is 0. The third kappa shape index (κ3) is 3.99. The average Bonchev–Trinajstić information content (AvgIpc) is 2.80. The summed E-state index contributed by atoms with van der Waals surface area (Å²) in [4.78, 5) is 26.6. The second-order valence-electron chi connectivity index (χ2n) is 7.55. The van der Waals surface area contributed by atoms with Gasteiger partial charge >= 0.3 is 0 Å². The van der Waals surface area contributed by atoms with Crippen LogP contribution in [-0.2, 0) is 6.54 Å². The minimum Gasteiger partial charge on any atom is -0.493 e. The normalized spacial score (nSPS) is 10.9. The highest BCUT2D eigenvalue weighted by Gasteiger charge is 2.19. The summed E-state index contributed by atoms with van der Waals surface area (Å²) < 4.78 is 26.3. The fraction of sp³-hybridized carbons (Fsp3) is 0.154. The maximum atomic E-state index is 13.8. The first-order chi connectivity index (χ1) is 15.4. The van der Waals surface area contributed by atoms with Crippen molar-refractivity contribution in [3.05, 3.63) is 105 Å². The second-order valence-corrected chi connectivity index (χ2v) is 7.55. The molecule has 0 saturated carbocycles. The summed E-state index contributed by atoms with van der Waals surface area (Å²) in [6.07, 6.45) is 1.53. The monoisotopic (exact) mass is 431 g/mol. The molecule has 0 N–H and O–H groups in total. The zero-order valence-electron chi connectivity index (χ0n) is 18.0. The Balaban J connectivity index is 1.96. The Morgan fingerprint density at radius 2 is 1.66 bits per heavy atom. The lowest BCUT2D eigenvalue weighted by atomic mass is 10.0. The number of rotatable bonds is 6. The van der Waals surface area contributed by atoms with Crippen LogP contribution in [0, 0.1) is 12.7 Å². The van der Waals surface area contributed by atoms with Crippen LogP contribution >= 0.6 is 0 Å². The van der Waals surface area contributed by atoms with Gasteiger partial charge in [-0.25, -0.2) is 4.39 Å². The SMILES string of the molecule is COc1cc2c(=O)c(C(=O)c3ccc(C)cc3)cn(Cc3cccc(F)c3)c2cc1OC. The van der Waals surface area contributed by atoms with E-state index in [0.717, 1.165) is 5.56 Å². The van der Waals surface area contributed by atoms with Gasteiger partial charge in [-0.2, -0.15) is 0 Å². The van der Waals surface area contributed by atoms with Gasteiger partial charge in [-0.1, -0.05) is 42.0 Å². The van der Waals surface area contributed by atoms with Crippen molar-refractivity contribution >= 4 is 16.7 Å². The van der Waals surface area contributed by atoms with Crippen molar-refractivity contribution in [2.24, 2.45) is 0 Å². The summed E-state index contributed by atoms with van der Waals surface area (Å²) in [5.74, 6) is 0.0991. The molecular formula is C26H22FNO4. The minimum absolute atomic E-state index is 0.0324. The van der Waals surface area contributed by atoms with Crippen LogP contribution in [0.1, 0.15) is 27.0 Å². The van der Waals surface area contributed by atoms with Gasteiger partial charge in [0.15, 0.2) is 17.3 Å². The molecule has 0 spiro atoms. The maximum Gasteiger partial charge on any atom is 0.200 e. The van der Waals surface area contributed by atoms with Crippen LogP contribution in [0.2, 0.25) is 0 Å². The summed E-state index contributed by atoms with van der Waals surface area (Å²) in [6.45, 7) is 2.19. The summed E-state index contributed by atoms with van der Waals surface area (Å²) in [7, 11) is 2.99. The first-order valence-electron chi connectivity index (χ1n) is 10.1. The number of ether oxygens (including phenoxy) is 2. The van der Waals surface area contributed by atoms with Crippen molar-refractivity contribution in [1.29, 1.82) is 0 Å². The number of carbonyl (C=O) groups excluding carboxylic acids is 1. The van der Waals surface area contributed by atoms with Gasteiger partial charge in [-0.3, -0.25) is 9.59 Å². The summed E-state index contributed by atoms with van der Waals surface area (Å²) in [6, 6.07) is 16.5. The molecule has 0 saturated heterocycles. The lowest BCUT2D eigenvalue weighted by molar-refractivity contribution is 0.103. The van der Waals surface area contributed by atoms with Gasteiger partial charge in [0.1, 0.15) is 5.82 Å². The van der Waals surface area contributed by atoms with E-state index in [1.54, 1.807) is 41.0 Å². The highest BCUT2D eigenvalue weighted by Crippen LogP contribution is 2.31. The Labute approximate surface area is 184 Å². The van der Waals surface area contributed by atoms with E-state index >= 15 is 0 Å². The Kier molecular flexibility index (Phi) is 5.77. The van der Waals surface area contributed by atoms with Crippen LogP contribution in [0.3, 0.4) is 0 Å². The number of pyridine rings is 1. The third-order valence-electron chi connectivity index (χ3n) is 5.39. The number of aromatic nitrogens is 1. The molecule has 0 atom stereocenters. The highest BCUT2D eigenvalue weighted by atomic mass is 19.1. The fourth-order valence-electron chi connectivity index (χ4n) is 3.70. The number of aryl methyl sites for hydroxylation is 1. The van der Waals surface area contributed by atoms with E-state index in [1.165, 1.54) is 32.5 Å². The predicted molar refractivity (Wildman–Crippen MR) is 121 cm³/mol. The van der Waals surface area contributed by atoms with E-state index in [1.807, 2.05) is 19.1 Å². The average molecular weight is 431 g/mol. The number of hydrogen-bond acceptors (Lipinski definition) is 4. The molecule has 4 rings (SSSR count). The lowest BCUT2D eigenvalue weighted by Gasteiger charge is -2.16. The quantitative estimate of drug-likeness (QED) is 0.414. The highest BCUT2D eigenvalue weighted by molar-refractivity contribution is 6.10. The number of benzene rings is 3. The molecule has 5 nitrogen and oxygen atoms in total. The largest absolute Gasteiger partial charge is 0.493 e. The molecule has 4 aromatic rings. The maximum absolute atomic E-state index is 13.8. The minimum atomic E-state index is -0.401. The molecule has 6 heteroatoms. The lowest BCUT2D eigenvalue weighted by Crippen LogP contribution is -2.20. The molecule has 0 aliphatic heterocycles. The van der Waals surface area contributed by atoms with Crippen LogP contribution < -0.4 is 14.9 Å². The van der Waals surface area contributed by atoms with Gasteiger partial charge < -0.3 is 14.0 Å². The predicted octanol–water partition coefficient (Wildman–Crippen LogP) is 4.75. The number of carbonyl (C=O) groups is 1. The van der Waals surface area contributed by atoms with Crippen molar-refractivity contribution in [2.75, 3.05) is 14.2 Å². The molecule has 0 amide bonds. The van der Waals surface area contributed by atoms with Crippen LogP contribution in [0.4, 0.5) is 4.39 Å². The molecule has 0 unspecified atom stereocenters. The van der Waals surface area contributed by atoms with Gasteiger partial charge in [-0.05, 0) is 30.7 Å². The Bertz CT molecular complexity index is 1370. The van der Waals surface area contributed by atoms with E-state index in [9.17, 15) is 14.0 Å². The van der Waals surface area contributed by atoms with Crippen molar-refractivity contribution in [3.8, 4) is 11.5 Å². The van der Waals surface area contributed by atoms with E-state index in [2.05, 4.69) is 0 Å². The standard InChI is InChI=1S/C26H22FNO4/c1-16-7-9-18(10-8-16)25(29)21-15-28(14-17-5-4-6-19(27)11-17)22-13-24(32-3)23(31-2)12-20(22)26(21)30/h4-13,15H,14H2,1-3H3. The molecule has 0 fully saturated rings. The Morgan fingerprint density at radius 1 is 0.969 bits per heavy atom. The van der Waals surface area contributed by atoms with Gasteiger partial charge in [0.05, 0.1) is 30.7 Å². The van der Waals surface area contributed by atoms with Crippen LogP contribution in [0.5, 0.6) is 11.5 Å². The van der Waals surface area contributed by atoms with Crippen molar-refractivity contribution < 1.29 is 18.7 Å². The number of ketones is 1. The number of nitrogens with zero attached hydrogens (tertiary/aromatic N) is 1. The summed E-state index contributed by atoms with van der Waals surface area (Å²) in [5.41, 5.74) is 2.31. The van der Waals surface area contributed by atoms with Crippen LogP contribution in [0.25, 0.3) is 10.9 Å². The molecule has 0 bridgehead atoms. The molecule has 0 aliphatic carbocycles. The van der Waals surface area contributed by atoms with E-state index < -0.39 is 5.43 Å². The number of halogens is 1. The smallest absolute Gasteiger partial charge is 0.200 e. The topological polar surface area (TPSA) is 57.5 Å². The second kappa shape index (κ2) is 8.67. The molecule has 1 aromatic heterocycles. The molecule has 162 valence electrons. The molecule has 1 heterocycles. The van der Waals surface area contributed by atoms with E-state index in [4.69, 9.17) is 9.47 Å². The van der Waals surface area contributed by atoms with E-state index in [0.29, 0.717) is 33.5 Å². The first kappa shape index (κ1) is 21.3. The Hall–Kier alpha value is -3.93. The molecule has 0 radical (unpaired) electrons. The third-order valence-corrected chi connectivity index (χ3v) is 5.39. The van der Waals surface area contributed by atoms with Crippen molar-refractivity contribution in [3.63, 3.8) is 0 Å². The Morgan fingerprint density at radius 3 is 2.31 bits per heavy atom. The zero-order valence-corrected chi connectivity index (χ0v) is 18.0. The zero-order chi connectivity index (χ0) is 22.8. The van der Waals surface area contributed by atoms with Crippen molar-refractivity contribution in [2.45, 2.75) is 13.5 Å². The van der Waals surface area contributed by atoms with Crippen LogP contribution in [-0.4, -0.2) is 24.6 Å². The van der Waals surface area contributed by atoms with Crippen molar-refractivity contribution in [1.82, 2.24) is 4.57 Å². The van der Waals surface area contributed by atoms with Gasteiger partial charge in [0.2, 0.25) is 5.43 Å². The molecular weight excluding hydrogens is 409 g/mol. The summed E-state index contributed by atoms with van der Waals surface area (Å²) in [5, 5.41) is 0.317. The molecule has 3 aromatic carbocycles.